The molecule has 0 aliphatic rings. The smallest absolute Gasteiger partial charge is 0.309 e. The molecule has 0 spiro atoms. The highest BCUT2D eigenvalue weighted by molar-refractivity contribution is 6.35. The maximum atomic E-state index is 11.7. The number of carbonyl (C=O) groups excluding carboxylic acids is 4. The average Bonchev–Trinajstić information content (AvgIpc) is 2.55. The van der Waals surface area contributed by atoms with Crippen molar-refractivity contribution in [3.63, 3.8) is 0 Å². The molecular weight excluding hydrogens is 300 g/mol. The third kappa shape index (κ3) is 9.49. The molecule has 0 saturated carbocycles. The lowest BCUT2D eigenvalue weighted by molar-refractivity contribution is -0.139. The highest BCUT2D eigenvalue weighted by Crippen LogP contribution is 1.96. The summed E-state index contributed by atoms with van der Waals surface area (Å²) >= 11 is 0. The predicted octanol–water partition coefficient (Wildman–Crippen LogP) is -0.560. The van der Waals surface area contributed by atoms with Crippen LogP contribution < -0.4 is 21.3 Å². The van der Waals surface area contributed by atoms with Crippen LogP contribution in [-0.4, -0.2) is 49.3 Å². The van der Waals surface area contributed by atoms with Gasteiger partial charge in [-0.2, -0.15) is 0 Å². The minimum absolute atomic E-state index is 0.242. The van der Waals surface area contributed by atoms with Gasteiger partial charge in [0.25, 0.3) is 0 Å². The van der Waals surface area contributed by atoms with Crippen LogP contribution in [0.5, 0.6) is 0 Å². The first-order valence-electron chi connectivity index (χ1n) is 8.10. The number of carbonyl (C=O) groups is 4. The largest absolute Gasteiger partial charge is 0.348 e. The van der Waals surface area contributed by atoms with Crippen LogP contribution in [0.25, 0.3) is 0 Å². The molecule has 132 valence electrons. The second kappa shape index (κ2) is 12.4. The quantitative estimate of drug-likeness (QED) is 0.425. The molecule has 0 saturated heterocycles. The Balaban J connectivity index is 4.10. The summed E-state index contributed by atoms with van der Waals surface area (Å²) in [5.41, 5.74) is 0. The van der Waals surface area contributed by atoms with E-state index >= 15 is 0 Å². The average molecular weight is 328 g/mol. The number of hydrogen-bond donors (Lipinski definition) is 4. The molecule has 1 atom stereocenters. The third-order valence-corrected chi connectivity index (χ3v) is 3.09. The summed E-state index contributed by atoms with van der Waals surface area (Å²) in [4.78, 5) is 46.0. The minimum Gasteiger partial charge on any atom is -0.348 e. The summed E-state index contributed by atoms with van der Waals surface area (Å²) in [5, 5.41) is 10.1. The molecule has 0 bridgehead atoms. The van der Waals surface area contributed by atoms with E-state index in [-0.39, 0.29) is 12.6 Å². The lowest BCUT2D eigenvalue weighted by Gasteiger charge is -2.17. The highest BCUT2D eigenvalue weighted by atomic mass is 16.2. The van der Waals surface area contributed by atoms with Crippen LogP contribution in [0.15, 0.2) is 0 Å². The molecule has 0 aromatic rings. The summed E-state index contributed by atoms with van der Waals surface area (Å²) in [5.74, 6) is -2.70. The molecule has 23 heavy (non-hydrogen) atoms. The van der Waals surface area contributed by atoms with E-state index in [2.05, 4.69) is 21.3 Å². The Morgan fingerprint density at radius 3 is 1.57 bits per heavy atom. The predicted molar refractivity (Wildman–Crippen MR) is 86.4 cm³/mol. The van der Waals surface area contributed by atoms with Gasteiger partial charge in [-0.05, 0) is 25.7 Å². The first kappa shape index (κ1) is 20.9. The Bertz CT molecular complexity index is 412. The van der Waals surface area contributed by atoms with Crippen molar-refractivity contribution in [3.8, 4) is 0 Å². The number of nitrogens with one attached hydrogen (secondary N) is 4. The molecule has 1 unspecified atom stereocenters. The Labute approximate surface area is 137 Å². The Morgan fingerprint density at radius 2 is 1.13 bits per heavy atom. The minimum atomic E-state index is -0.694. The Kier molecular flexibility index (Phi) is 11.3. The molecule has 0 radical (unpaired) electrons. The summed E-state index contributed by atoms with van der Waals surface area (Å²) in [7, 11) is 0. The SMILES string of the molecule is CCCNC(=O)C(=O)NCCC(CC)NC(=O)C(=O)NCCC. The van der Waals surface area contributed by atoms with E-state index in [9.17, 15) is 19.2 Å². The molecule has 0 aliphatic heterocycles. The van der Waals surface area contributed by atoms with Gasteiger partial charge in [-0.3, -0.25) is 19.2 Å². The van der Waals surface area contributed by atoms with Gasteiger partial charge < -0.3 is 21.3 Å². The van der Waals surface area contributed by atoms with Crippen LogP contribution in [0.1, 0.15) is 46.5 Å². The van der Waals surface area contributed by atoms with Crippen molar-refractivity contribution in [2.24, 2.45) is 0 Å². The van der Waals surface area contributed by atoms with Crippen LogP contribution in [0.4, 0.5) is 0 Å². The molecular formula is C15H28N4O4. The second-order valence-corrected chi connectivity index (χ2v) is 5.14. The van der Waals surface area contributed by atoms with Crippen molar-refractivity contribution < 1.29 is 19.2 Å². The number of rotatable bonds is 9. The summed E-state index contributed by atoms with van der Waals surface area (Å²) in [6.07, 6.45) is 2.56. The summed E-state index contributed by atoms with van der Waals surface area (Å²) < 4.78 is 0. The fraction of sp³-hybridized carbons (Fsp3) is 0.733. The fourth-order valence-corrected chi connectivity index (χ4v) is 1.71. The van der Waals surface area contributed by atoms with Crippen LogP contribution in [0.2, 0.25) is 0 Å². The van der Waals surface area contributed by atoms with Crippen molar-refractivity contribution >= 4 is 23.6 Å². The molecule has 4 amide bonds. The van der Waals surface area contributed by atoms with Crippen LogP contribution >= 0.6 is 0 Å². The zero-order valence-corrected chi connectivity index (χ0v) is 14.2. The van der Waals surface area contributed by atoms with Crippen molar-refractivity contribution in [2.75, 3.05) is 19.6 Å². The van der Waals surface area contributed by atoms with Gasteiger partial charge in [0.05, 0.1) is 0 Å². The van der Waals surface area contributed by atoms with Crippen molar-refractivity contribution in [1.82, 2.24) is 21.3 Å². The van der Waals surface area contributed by atoms with E-state index in [1.807, 2.05) is 20.8 Å². The monoisotopic (exact) mass is 328 g/mol. The number of hydrogen-bond acceptors (Lipinski definition) is 4. The van der Waals surface area contributed by atoms with Gasteiger partial charge in [0.2, 0.25) is 0 Å². The van der Waals surface area contributed by atoms with E-state index in [0.717, 1.165) is 12.8 Å². The Hall–Kier alpha value is -2.12. The van der Waals surface area contributed by atoms with E-state index in [4.69, 9.17) is 0 Å². The van der Waals surface area contributed by atoms with Crippen molar-refractivity contribution in [2.45, 2.75) is 52.5 Å². The lowest BCUT2D eigenvalue weighted by Crippen LogP contribution is -2.46. The van der Waals surface area contributed by atoms with Gasteiger partial charge in [-0.15, -0.1) is 0 Å². The maximum absolute atomic E-state index is 11.7. The van der Waals surface area contributed by atoms with Crippen LogP contribution in [-0.2, 0) is 19.2 Å². The summed E-state index contributed by atoms with van der Waals surface area (Å²) in [6, 6.07) is -0.242. The van der Waals surface area contributed by atoms with Crippen LogP contribution in [0.3, 0.4) is 0 Å². The molecule has 8 heteroatoms. The van der Waals surface area contributed by atoms with Crippen LogP contribution in [0, 0.1) is 0 Å². The molecule has 0 aromatic carbocycles. The molecule has 0 aromatic heterocycles. The van der Waals surface area contributed by atoms with E-state index < -0.39 is 23.6 Å². The van der Waals surface area contributed by atoms with Gasteiger partial charge in [-0.1, -0.05) is 20.8 Å². The highest BCUT2D eigenvalue weighted by Gasteiger charge is 2.18. The van der Waals surface area contributed by atoms with Gasteiger partial charge in [0.1, 0.15) is 0 Å². The maximum Gasteiger partial charge on any atom is 0.309 e. The van der Waals surface area contributed by atoms with E-state index in [1.54, 1.807) is 0 Å². The molecule has 4 N–H and O–H groups in total. The lowest BCUT2D eigenvalue weighted by atomic mass is 10.1. The molecule has 0 rings (SSSR count). The first-order chi connectivity index (χ1) is 11.0. The first-order valence-corrected chi connectivity index (χ1v) is 8.10. The molecule has 0 fully saturated rings. The topological polar surface area (TPSA) is 116 Å². The fourth-order valence-electron chi connectivity index (χ4n) is 1.71. The standard InChI is InChI=1S/C15H28N4O4/c1-4-8-16-12(20)13(21)18-10-7-11(6-3)19-15(23)14(22)17-9-5-2/h11H,4-10H2,1-3H3,(H,16,20)(H,17,22)(H,18,21)(H,19,23). The Morgan fingerprint density at radius 1 is 0.696 bits per heavy atom. The van der Waals surface area contributed by atoms with E-state index in [1.165, 1.54) is 0 Å². The molecule has 8 nitrogen and oxygen atoms in total. The number of amides is 4. The van der Waals surface area contributed by atoms with Gasteiger partial charge in [0, 0.05) is 25.7 Å². The zero-order valence-electron chi connectivity index (χ0n) is 14.2. The normalized spacial score (nSPS) is 11.3. The third-order valence-electron chi connectivity index (χ3n) is 3.09. The molecule has 0 heterocycles. The van der Waals surface area contributed by atoms with Gasteiger partial charge in [-0.25, -0.2) is 0 Å². The van der Waals surface area contributed by atoms with Crippen molar-refractivity contribution in [1.29, 1.82) is 0 Å². The second-order valence-electron chi connectivity index (χ2n) is 5.14. The zero-order chi connectivity index (χ0) is 17.7. The van der Waals surface area contributed by atoms with Gasteiger partial charge >= 0.3 is 23.6 Å². The van der Waals surface area contributed by atoms with Gasteiger partial charge in [0.15, 0.2) is 0 Å². The van der Waals surface area contributed by atoms with Crippen molar-refractivity contribution in [3.05, 3.63) is 0 Å². The molecule has 0 aliphatic carbocycles. The van der Waals surface area contributed by atoms with E-state index in [0.29, 0.717) is 25.9 Å². The summed E-state index contributed by atoms with van der Waals surface area (Å²) in [6.45, 7) is 6.80.